The molecule has 0 radical (unpaired) electrons. The number of rotatable bonds is 6. The highest BCUT2D eigenvalue weighted by Gasteiger charge is 2.30. The summed E-state index contributed by atoms with van der Waals surface area (Å²) in [5, 5.41) is 0.655. The van der Waals surface area contributed by atoms with Crippen LogP contribution < -0.4 is 9.21 Å². The zero-order valence-corrected chi connectivity index (χ0v) is 19.3. The molecule has 2 aromatic rings. The lowest BCUT2D eigenvalue weighted by Gasteiger charge is -2.38. The highest BCUT2D eigenvalue weighted by atomic mass is 35.5. The number of carbonyl (C=O) groups is 1. The Balaban J connectivity index is 1.73. The van der Waals surface area contributed by atoms with E-state index in [2.05, 4.69) is 4.90 Å². The molecule has 0 saturated carbocycles. The number of piperazine rings is 1. The van der Waals surface area contributed by atoms with Gasteiger partial charge in [0.15, 0.2) is 0 Å². The molecule has 7 nitrogen and oxygen atoms in total. The van der Waals surface area contributed by atoms with Crippen LogP contribution in [0.4, 0.5) is 15.8 Å². The van der Waals surface area contributed by atoms with Crippen LogP contribution in [0.15, 0.2) is 42.5 Å². The van der Waals surface area contributed by atoms with Crippen molar-refractivity contribution >= 4 is 39.1 Å². The normalized spacial score (nSPS) is 14.8. The molecule has 0 bridgehead atoms. The summed E-state index contributed by atoms with van der Waals surface area (Å²) in [5.41, 5.74) is 2.36. The number of hydrogen-bond donors (Lipinski definition) is 0. The van der Waals surface area contributed by atoms with E-state index in [1.807, 2.05) is 25.1 Å². The number of nitrogens with zero attached hydrogens (tertiary/aromatic N) is 4. The summed E-state index contributed by atoms with van der Waals surface area (Å²) in [5.74, 6) is -0.790. The van der Waals surface area contributed by atoms with Crippen LogP contribution in [0.5, 0.6) is 0 Å². The SMILES string of the molecule is Cc1ccc(Cl)cc1N1CCN(C(=O)CN(c2ccc(F)cc2)S(=O)(=O)N(C)C)CC1. The number of halogens is 2. The predicted molar refractivity (Wildman–Crippen MR) is 121 cm³/mol. The highest BCUT2D eigenvalue weighted by Crippen LogP contribution is 2.26. The average Bonchev–Trinajstić information content (AvgIpc) is 2.74. The second-order valence-electron chi connectivity index (χ2n) is 7.57. The molecule has 1 amide bonds. The number of aryl methyl sites for hydroxylation is 1. The Labute approximate surface area is 187 Å². The molecule has 0 aromatic heterocycles. The summed E-state index contributed by atoms with van der Waals surface area (Å²) in [6.07, 6.45) is 0. The van der Waals surface area contributed by atoms with Gasteiger partial charge in [0.05, 0.1) is 5.69 Å². The number of amides is 1. The molecular formula is C21H26ClFN4O3S. The van der Waals surface area contributed by atoms with Crippen molar-refractivity contribution in [3.05, 3.63) is 58.9 Å². The molecule has 1 fully saturated rings. The molecule has 1 aliphatic rings. The van der Waals surface area contributed by atoms with E-state index in [0.717, 1.165) is 19.9 Å². The topological polar surface area (TPSA) is 64.2 Å². The van der Waals surface area contributed by atoms with Crippen molar-refractivity contribution in [1.82, 2.24) is 9.21 Å². The molecule has 1 heterocycles. The van der Waals surface area contributed by atoms with Gasteiger partial charge in [-0.15, -0.1) is 0 Å². The maximum Gasteiger partial charge on any atom is 0.304 e. The van der Waals surface area contributed by atoms with Gasteiger partial charge < -0.3 is 9.80 Å². The van der Waals surface area contributed by atoms with E-state index in [0.29, 0.717) is 31.2 Å². The maximum absolute atomic E-state index is 13.3. The van der Waals surface area contributed by atoms with E-state index < -0.39 is 16.0 Å². The van der Waals surface area contributed by atoms with Crippen molar-refractivity contribution in [2.75, 3.05) is 56.0 Å². The third kappa shape index (κ3) is 5.28. The molecule has 0 atom stereocenters. The third-order valence-corrected chi connectivity index (χ3v) is 7.33. The van der Waals surface area contributed by atoms with Gasteiger partial charge in [-0.05, 0) is 48.9 Å². The number of hydrogen-bond acceptors (Lipinski definition) is 4. The van der Waals surface area contributed by atoms with Crippen LogP contribution in [0.3, 0.4) is 0 Å². The van der Waals surface area contributed by atoms with E-state index in [1.54, 1.807) is 4.90 Å². The molecule has 168 valence electrons. The highest BCUT2D eigenvalue weighted by molar-refractivity contribution is 7.90. The molecule has 0 spiro atoms. The number of benzene rings is 2. The van der Waals surface area contributed by atoms with E-state index in [1.165, 1.54) is 38.4 Å². The largest absolute Gasteiger partial charge is 0.368 e. The van der Waals surface area contributed by atoms with E-state index in [4.69, 9.17) is 11.6 Å². The van der Waals surface area contributed by atoms with Crippen LogP contribution in [-0.2, 0) is 15.0 Å². The Bertz CT molecular complexity index is 1040. The molecule has 1 saturated heterocycles. The van der Waals surface area contributed by atoms with Gasteiger partial charge in [-0.1, -0.05) is 17.7 Å². The molecule has 3 rings (SSSR count). The molecule has 2 aromatic carbocycles. The minimum Gasteiger partial charge on any atom is -0.368 e. The van der Waals surface area contributed by atoms with Gasteiger partial charge in [0.25, 0.3) is 0 Å². The van der Waals surface area contributed by atoms with Crippen LogP contribution in [0.25, 0.3) is 0 Å². The molecule has 0 N–H and O–H groups in total. The fourth-order valence-corrected chi connectivity index (χ4v) is 4.68. The Hall–Kier alpha value is -2.36. The Morgan fingerprint density at radius 2 is 1.68 bits per heavy atom. The Kier molecular flexibility index (Phi) is 7.08. The van der Waals surface area contributed by atoms with E-state index in [-0.39, 0.29) is 18.1 Å². The second kappa shape index (κ2) is 9.42. The van der Waals surface area contributed by atoms with E-state index >= 15 is 0 Å². The standard InChI is InChI=1S/C21H26ClFN4O3S/c1-16-4-5-17(22)14-20(16)25-10-12-26(13-11-25)21(28)15-27(31(29,30)24(2)3)19-8-6-18(23)7-9-19/h4-9,14H,10-13,15H2,1-3H3. The Morgan fingerprint density at radius 3 is 2.26 bits per heavy atom. The van der Waals surface area contributed by atoms with Crippen LogP contribution in [0, 0.1) is 12.7 Å². The summed E-state index contributed by atoms with van der Waals surface area (Å²) in [4.78, 5) is 16.8. The lowest BCUT2D eigenvalue weighted by molar-refractivity contribution is -0.129. The number of anilines is 2. The van der Waals surface area contributed by atoms with Crippen molar-refractivity contribution in [1.29, 1.82) is 0 Å². The molecule has 0 unspecified atom stereocenters. The lowest BCUT2D eigenvalue weighted by Crippen LogP contribution is -2.53. The van der Waals surface area contributed by atoms with Crippen molar-refractivity contribution in [3.63, 3.8) is 0 Å². The summed E-state index contributed by atoms with van der Waals surface area (Å²) in [6.45, 7) is 3.81. The van der Waals surface area contributed by atoms with Crippen molar-refractivity contribution in [2.24, 2.45) is 0 Å². The predicted octanol–water partition coefficient (Wildman–Crippen LogP) is 2.75. The van der Waals surface area contributed by atoms with Crippen LogP contribution in [0.2, 0.25) is 5.02 Å². The maximum atomic E-state index is 13.3. The zero-order valence-electron chi connectivity index (χ0n) is 17.8. The molecule has 0 aliphatic carbocycles. The van der Waals surface area contributed by atoms with Gasteiger partial charge in [0.1, 0.15) is 12.4 Å². The average molecular weight is 469 g/mol. The van der Waals surface area contributed by atoms with Crippen LogP contribution in [-0.4, -0.2) is 70.3 Å². The molecule has 1 aliphatic heterocycles. The Morgan fingerprint density at radius 1 is 1.06 bits per heavy atom. The first-order chi connectivity index (χ1) is 14.6. The fourth-order valence-electron chi connectivity index (χ4n) is 3.45. The van der Waals surface area contributed by atoms with Crippen LogP contribution >= 0.6 is 11.6 Å². The molecule has 31 heavy (non-hydrogen) atoms. The zero-order chi connectivity index (χ0) is 22.8. The van der Waals surface area contributed by atoms with E-state index in [9.17, 15) is 17.6 Å². The first-order valence-electron chi connectivity index (χ1n) is 9.84. The smallest absolute Gasteiger partial charge is 0.304 e. The van der Waals surface area contributed by atoms with Gasteiger partial charge in [-0.2, -0.15) is 12.7 Å². The monoisotopic (exact) mass is 468 g/mol. The minimum absolute atomic E-state index is 0.233. The summed E-state index contributed by atoms with van der Waals surface area (Å²) in [7, 11) is -1.15. The van der Waals surface area contributed by atoms with Gasteiger partial charge in [0, 0.05) is 51.0 Å². The van der Waals surface area contributed by atoms with Gasteiger partial charge in [0.2, 0.25) is 5.91 Å². The third-order valence-electron chi connectivity index (χ3n) is 5.28. The molecular weight excluding hydrogens is 443 g/mol. The lowest BCUT2D eigenvalue weighted by atomic mass is 10.1. The number of carbonyl (C=O) groups excluding carboxylic acids is 1. The molecule has 10 heteroatoms. The van der Waals surface area contributed by atoms with Crippen molar-refractivity contribution in [2.45, 2.75) is 6.92 Å². The second-order valence-corrected chi connectivity index (χ2v) is 10.1. The fraction of sp³-hybridized carbons (Fsp3) is 0.381. The minimum atomic E-state index is -3.93. The van der Waals surface area contributed by atoms with Crippen molar-refractivity contribution in [3.8, 4) is 0 Å². The van der Waals surface area contributed by atoms with Crippen LogP contribution in [0.1, 0.15) is 5.56 Å². The summed E-state index contributed by atoms with van der Waals surface area (Å²) < 4.78 is 41.0. The van der Waals surface area contributed by atoms with Gasteiger partial charge in [-0.25, -0.2) is 8.70 Å². The summed E-state index contributed by atoms with van der Waals surface area (Å²) >= 11 is 6.13. The first kappa shape index (κ1) is 23.3. The first-order valence-corrected chi connectivity index (χ1v) is 11.6. The van der Waals surface area contributed by atoms with Crippen molar-refractivity contribution < 1.29 is 17.6 Å². The quantitative estimate of drug-likeness (QED) is 0.654. The van der Waals surface area contributed by atoms with Gasteiger partial charge >= 0.3 is 10.2 Å². The summed E-state index contributed by atoms with van der Waals surface area (Å²) in [6, 6.07) is 10.8. The van der Waals surface area contributed by atoms with Gasteiger partial charge in [-0.3, -0.25) is 4.79 Å².